The molecule has 0 aliphatic carbocycles. The Hall–Kier alpha value is -1.15. The third kappa shape index (κ3) is 3.78. The molecule has 0 amide bonds. The molecule has 0 saturated carbocycles. The van der Waals surface area contributed by atoms with Gasteiger partial charge in [-0.1, -0.05) is 11.6 Å². The van der Waals surface area contributed by atoms with Crippen molar-refractivity contribution >= 4 is 27.6 Å². The Labute approximate surface area is 135 Å². The molecule has 0 N–H and O–H groups in total. The van der Waals surface area contributed by atoms with Crippen LogP contribution in [0.5, 0.6) is 0 Å². The third-order valence-electron chi connectivity index (χ3n) is 3.36. The van der Waals surface area contributed by atoms with Crippen LogP contribution >= 0.6 is 11.6 Å². The largest absolute Gasteiger partial charge is 0.459 e. The molecule has 1 heterocycles. The first-order valence-corrected chi connectivity index (χ1v) is 8.65. The second-order valence-corrected chi connectivity index (χ2v) is 7.72. The normalized spacial score (nSPS) is 18.6. The highest BCUT2D eigenvalue weighted by Gasteiger charge is 2.23. The van der Waals surface area contributed by atoms with E-state index in [9.17, 15) is 13.2 Å². The Balaban J connectivity index is 2.17. The molecule has 0 spiro atoms. The minimum Gasteiger partial charge on any atom is -0.459 e. The van der Waals surface area contributed by atoms with Crippen LogP contribution < -0.4 is 0 Å². The van der Waals surface area contributed by atoms with Gasteiger partial charge in [-0.25, -0.2) is 17.5 Å². The molecular weight excluding hydrogens is 330 g/mol. The Morgan fingerprint density at radius 2 is 2.18 bits per heavy atom. The second kappa shape index (κ2) is 6.95. The fraction of sp³-hybridized carbons (Fsp3) is 0.500. The smallest absolute Gasteiger partial charge is 0.339 e. The molecule has 2 rings (SSSR count). The van der Waals surface area contributed by atoms with Crippen molar-refractivity contribution in [2.45, 2.75) is 23.8 Å². The van der Waals surface area contributed by atoms with Crippen LogP contribution in [0.2, 0.25) is 5.02 Å². The summed E-state index contributed by atoms with van der Waals surface area (Å²) in [6.07, 6.45) is 1.69. The van der Waals surface area contributed by atoms with Crippen molar-refractivity contribution in [3.63, 3.8) is 0 Å². The van der Waals surface area contributed by atoms with Gasteiger partial charge in [-0.15, -0.1) is 0 Å². The zero-order valence-electron chi connectivity index (χ0n) is 12.4. The monoisotopic (exact) mass is 347 g/mol. The van der Waals surface area contributed by atoms with E-state index in [-0.39, 0.29) is 28.2 Å². The van der Waals surface area contributed by atoms with Gasteiger partial charge in [0.15, 0.2) is 0 Å². The molecular formula is C14H18ClNO5S. The number of hydrogen-bond donors (Lipinski definition) is 0. The van der Waals surface area contributed by atoms with Gasteiger partial charge in [0, 0.05) is 20.7 Å². The highest BCUT2D eigenvalue weighted by Crippen LogP contribution is 2.23. The minimum absolute atomic E-state index is 0.00836. The van der Waals surface area contributed by atoms with E-state index in [4.69, 9.17) is 21.1 Å². The van der Waals surface area contributed by atoms with Crippen LogP contribution in [-0.2, 0) is 19.5 Å². The maximum atomic E-state index is 12.1. The summed E-state index contributed by atoms with van der Waals surface area (Å²) >= 11 is 5.98. The van der Waals surface area contributed by atoms with E-state index >= 15 is 0 Å². The molecule has 1 unspecified atom stereocenters. The van der Waals surface area contributed by atoms with Crippen LogP contribution in [0.25, 0.3) is 0 Å². The molecule has 22 heavy (non-hydrogen) atoms. The van der Waals surface area contributed by atoms with Gasteiger partial charge in [0.25, 0.3) is 0 Å². The Morgan fingerprint density at radius 3 is 2.77 bits per heavy atom. The molecule has 1 saturated heterocycles. The van der Waals surface area contributed by atoms with Crippen molar-refractivity contribution in [1.82, 2.24) is 4.31 Å². The lowest BCUT2D eigenvalue weighted by atomic mass is 10.2. The van der Waals surface area contributed by atoms with E-state index in [0.29, 0.717) is 6.61 Å². The van der Waals surface area contributed by atoms with E-state index in [2.05, 4.69) is 0 Å². The van der Waals surface area contributed by atoms with Crippen molar-refractivity contribution in [2.24, 2.45) is 0 Å². The highest BCUT2D eigenvalue weighted by molar-refractivity contribution is 7.89. The summed E-state index contributed by atoms with van der Waals surface area (Å²) < 4.78 is 35.8. The lowest BCUT2D eigenvalue weighted by molar-refractivity contribution is 0.0161. The molecule has 122 valence electrons. The fourth-order valence-electron chi connectivity index (χ4n) is 2.05. The van der Waals surface area contributed by atoms with E-state index in [1.54, 1.807) is 0 Å². The number of nitrogens with zero attached hydrogens (tertiary/aromatic N) is 1. The van der Waals surface area contributed by atoms with Crippen molar-refractivity contribution in [3.8, 4) is 0 Å². The Kier molecular flexibility index (Phi) is 5.44. The second-order valence-electron chi connectivity index (χ2n) is 5.16. The van der Waals surface area contributed by atoms with Gasteiger partial charge in [0.2, 0.25) is 10.0 Å². The summed E-state index contributed by atoms with van der Waals surface area (Å²) in [6.45, 7) is 0.805. The SMILES string of the molecule is CN(C)S(=O)(=O)c1ccc(Cl)c(C(=O)OCC2CCCO2)c1. The number of hydrogen-bond acceptors (Lipinski definition) is 5. The quantitative estimate of drug-likeness (QED) is 0.761. The fourth-order valence-corrected chi connectivity index (χ4v) is 3.18. The van der Waals surface area contributed by atoms with Gasteiger partial charge in [-0.2, -0.15) is 0 Å². The van der Waals surface area contributed by atoms with Crippen molar-refractivity contribution < 1.29 is 22.7 Å². The first-order valence-electron chi connectivity index (χ1n) is 6.83. The first kappa shape index (κ1) is 17.2. The van der Waals surface area contributed by atoms with E-state index < -0.39 is 16.0 Å². The van der Waals surface area contributed by atoms with Crippen molar-refractivity contribution in [3.05, 3.63) is 28.8 Å². The zero-order chi connectivity index (χ0) is 16.3. The standard InChI is InChI=1S/C14H18ClNO5S/c1-16(2)22(18,19)11-5-6-13(15)12(8-11)14(17)21-9-10-4-3-7-20-10/h5-6,8,10H,3-4,7,9H2,1-2H3. The van der Waals surface area contributed by atoms with Crippen LogP contribution in [0, 0.1) is 0 Å². The highest BCUT2D eigenvalue weighted by atomic mass is 35.5. The summed E-state index contributed by atoms with van der Waals surface area (Å²) in [6, 6.07) is 3.96. The van der Waals surface area contributed by atoms with Crippen LogP contribution in [-0.4, -0.2) is 52.1 Å². The van der Waals surface area contributed by atoms with Gasteiger partial charge in [-0.3, -0.25) is 0 Å². The molecule has 1 aliphatic heterocycles. The molecule has 1 atom stereocenters. The molecule has 1 aromatic carbocycles. The number of benzene rings is 1. The Bertz CT molecular complexity index is 653. The predicted molar refractivity (Wildman–Crippen MR) is 81.6 cm³/mol. The van der Waals surface area contributed by atoms with Crippen LogP contribution in [0.3, 0.4) is 0 Å². The summed E-state index contributed by atoms with van der Waals surface area (Å²) in [4.78, 5) is 12.1. The first-order chi connectivity index (χ1) is 10.3. The number of rotatable bonds is 5. The van der Waals surface area contributed by atoms with Crippen LogP contribution in [0.1, 0.15) is 23.2 Å². The number of halogens is 1. The van der Waals surface area contributed by atoms with Gasteiger partial charge in [-0.05, 0) is 31.0 Å². The van der Waals surface area contributed by atoms with Gasteiger partial charge >= 0.3 is 5.97 Å². The summed E-state index contributed by atoms with van der Waals surface area (Å²) in [5.41, 5.74) is 0.0302. The molecule has 0 radical (unpaired) electrons. The van der Waals surface area contributed by atoms with E-state index in [1.807, 2.05) is 0 Å². The maximum absolute atomic E-state index is 12.1. The average molecular weight is 348 g/mol. The predicted octanol–water partition coefficient (Wildman–Crippen LogP) is 1.93. The summed E-state index contributed by atoms with van der Waals surface area (Å²) in [5.74, 6) is -0.656. The van der Waals surface area contributed by atoms with Gasteiger partial charge in [0.05, 0.1) is 21.6 Å². The topological polar surface area (TPSA) is 72.9 Å². The third-order valence-corrected chi connectivity index (χ3v) is 5.50. The average Bonchev–Trinajstić information content (AvgIpc) is 2.98. The van der Waals surface area contributed by atoms with Crippen LogP contribution in [0.4, 0.5) is 0 Å². The number of sulfonamides is 1. The van der Waals surface area contributed by atoms with E-state index in [1.165, 1.54) is 32.3 Å². The number of carbonyl (C=O) groups excluding carboxylic acids is 1. The maximum Gasteiger partial charge on any atom is 0.339 e. The number of ether oxygens (including phenoxy) is 2. The van der Waals surface area contributed by atoms with Crippen LogP contribution in [0.15, 0.2) is 23.1 Å². The molecule has 1 aromatic rings. The molecule has 1 fully saturated rings. The molecule has 1 aliphatic rings. The summed E-state index contributed by atoms with van der Waals surface area (Å²) in [7, 11) is -0.806. The van der Waals surface area contributed by atoms with Crippen molar-refractivity contribution in [2.75, 3.05) is 27.3 Å². The minimum atomic E-state index is -3.64. The van der Waals surface area contributed by atoms with Gasteiger partial charge in [0.1, 0.15) is 6.61 Å². The molecule has 0 aromatic heterocycles. The zero-order valence-corrected chi connectivity index (χ0v) is 14.0. The molecule has 6 nitrogen and oxygen atoms in total. The Morgan fingerprint density at radius 1 is 1.45 bits per heavy atom. The van der Waals surface area contributed by atoms with Gasteiger partial charge < -0.3 is 9.47 Å². The lowest BCUT2D eigenvalue weighted by Gasteiger charge is -2.14. The van der Waals surface area contributed by atoms with Crippen molar-refractivity contribution in [1.29, 1.82) is 0 Å². The number of carbonyl (C=O) groups is 1. The van der Waals surface area contributed by atoms with E-state index in [0.717, 1.165) is 17.1 Å². The lowest BCUT2D eigenvalue weighted by Crippen LogP contribution is -2.23. The summed E-state index contributed by atoms with van der Waals surface area (Å²) in [5, 5.41) is 0.148. The number of esters is 1. The molecule has 8 heteroatoms. The molecule has 0 bridgehead atoms.